The van der Waals surface area contributed by atoms with Gasteiger partial charge in [-0.1, -0.05) is 29.8 Å². The first kappa shape index (κ1) is 16.5. The molecule has 0 saturated carbocycles. The van der Waals surface area contributed by atoms with Crippen molar-refractivity contribution < 1.29 is 10.2 Å². The molecular formula is C17H12ClN3O4. The molecule has 1 aromatic heterocycles. The highest BCUT2D eigenvalue weighted by Gasteiger charge is 2.14. The van der Waals surface area contributed by atoms with E-state index in [1.165, 1.54) is 18.2 Å². The number of aromatic hydroxyl groups is 2. The largest absolute Gasteiger partial charge is 0.506 e. The molecule has 0 spiro atoms. The molecular weight excluding hydrogens is 346 g/mol. The minimum absolute atomic E-state index is 0.115. The summed E-state index contributed by atoms with van der Waals surface area (Å²) in [7, 11) is 0. The summed E-state index contributed by atoms with van der Waals surface area (Å²) in [4.78, 5) is 30.1. The van der Waals surface area contributed by atoms with Gasteiger partial charge in [0.15, 0.2) is 0 Å². The van der Waals surface area contributed by atoms with Crippen molar-refractivity contribution in [3.8, 4) is 17.3 Å². The highest BCUT2D eigenvalue weighted by Crippen LogP contribution is 2.29. The molecule has 126 valence electrons. The summed E-state index contributed by atoms with van der Waals surface area (Å²) in [5, 5.41) is 20.5. The third kappa shape index (κ3) is 3.31. The number of aliphatic imine (C=N–C) groups is 1. The van der Waals surface area contributed by atoms with Crippen LogP contribution in [0.4, 0.5) is 5.69 Å². The minimum atomic E-state index is -0.806. The van der Waals surface area contributed by atoms with Crippen LogP contribution in [0, 0.1) is 0 Å². The average Bonchev–Trinajstić information content (AvgIpc) is 2.58. The molecule has 3 aromatic rings. The molecule has 3 N–H and O–H groups in total. The lowest BCUT2D eigenvalue weighted by Gasteiger charge is -2.09. The van der Waals surface area contributed by atoms with E-state index in [4.69, 9.17) is 11.6 Å². The number of phenols is 1. The van der Waals surface area contributed by atoms with Crippen LogP contribution in [-0.2, 0) is 0 Å². The number of nitrogens with zero attached hydrogens (tertiary/aromatic N) is 2. The van der Waals surface area contributed by atoms with E-state index in [2.05, 4.69) is 9.98 Å². The molecule has 3 rings (SSSR count). The maximum absolute atomic E-state index is 12.0. The molecule has 0 aliphatic rings. The van der Waals surface area contributed by atoms with Crippen LogP contribution in [0.3, 0.4) is 0 Å². The molecule has 0 saturated heterocycles. The highest BCUT2D eigenvalue weighted by atomic mass is 35.5. The summed E-state index contributed by atoms with van der Waals surface area (Å²) >= 11 is 5.84. The topological polar surface area (TPSA) is 108 Å². The minimum Gasteiger partial charge on any atom is -0.506 e. The van der Waals surface area contributed by atoms with Crippen LogP contribution in [0.15, 0.2) is 63.1 Å². The molecule has 0 radical (unpaired) electrons. The molecule has 0 fully saturated rings. The molecule has 1 heterocycles. The standard InChI is InChI=1S/C17H12ClN3O4/c18-10-6-7-14(22)13(8-10)19-9-12-15(23)20-17(25)21(16(12)24)11-4-2-1-3-5-11/h1-9,22,24H,(H,20,23,25). The van der Waals surface area contributed by atoms with Crippen LogP contribution in [0.1, 0.15) is 5.56 Å². The number of hydrogen-bond donors (Lipinski definition) is 3. The normalized spacial score (nSPS) is 11.1. The second-order valence-corrected chi connectivity index (χ2v) is 5.50. The molecule has 0 aliphatic heterocycles. The Morgan fingerprint density at radius 1 is 1.08 bits per heavy atom. The Morgan fingerprint density at radius 3 is 2.52 bits per heavy atom. The van der Waals surface area contributed by atoms with E-state index in [9.17, 15) is 19.8 Å². The predicted molar refractivity (Wildman–Crippen MR) is 94.7 cm³/mol. The van der Waals surface area contributed by atoms with E-state index in [0.29, 0.717) is 10.7 Å². The zero-order valence-electron chi connectivity index (χ0n) is 12.7. The molecule has 0 aliphatic carbocycles. The van der Waals surface area contributed by atoms with Crippen molar-refractivity contribution in [2.45, 2.75) is 0 Å². The van der Waals surface area contributed by atoms with Gasteiger partial charge in [-0.3, -0.25) is 14.8 Å². The molecule has 0 bridgehead atoms. The number of benzene rings is 2. The summed E-state index contributed by atoms with van der Waals surface area (Å²) in [6.07, 6.45) is 1.05. The van der Waals surface area contributed by atoms with Gasteiger partial charge in [-0.15, -0.1) is 0 Å². The Bertz CT molecular complexity index is 1070. The predicted octanol–water partition coefficient (Wildman–Crippen LogP) is 2.34. The highest BCUT2D eigenvalue weighted by molar-refractivity contribution is 6.30. The summed E-state index contributed by atoms with van der Waals surface area (Å²) in [5.41, 5.74) is -1.33. The average molecular weight is 358 g/mol. The summed E-state index contributed by atoms with van der Waals surface area (Å²) in [6, 6.07) is 12.5. The van der Waals surface area contributed by atoms with Crippen LogP contribution in [0.2, 0.25) is 5.02 Å². The van der Waals surface area contributed by atoms with Gasteiger partial charge in [-0.25, -0.2) is 9.36 Å². The number of para-hydroxylation sites is 1. The van der Waals surface area contributed by atoms with Crippen LogP contribution in [0.25, 0.3) is 5.69 Å². The number of phenolic OH excluding ortho intramolecular Hbond substituents is 1. The Morgan fingerprint density at radius 2 is 1.80 bits per heavy atom. The van der Waals surface area contributed by atoms with Gasteiger partial charge in [0.05, 0.1) is 5.69 Å². The Hall–Kier alpha value is -3.32. The third-order valence-electron chi connectivity index (χ3n) is 3.41. The fourth-order valence-electron chi connectivity index (χ4n) is 2.21. The molecule has 25 heavy (non-hydrogen) atoms. The van der Waals surface area contributed by atoms with Crippen LogP contribution >= 0.6 is 11.6 Å². The third-order valence-corrected chi connectivity index (χ3v) is 3.64. The van der Waals surface area contributed by atoms with Crippen molar-refractivity contribution >= 4 is 23.5 Å². The van der Waals surface area contributed by atoms with Crippen LogP contribution < -0.4 is 11.2 Å². The molecule has 0 atom stereocenters. The lowest BCUT2D eigenvalue weighted by atomic mass is 10.2. The monoisotopic (exact) mass is 357 g/mol. The quantitative estimate of drug-likeness (QED) is 0.625. The molecule has 8 heteroatoms. The van der Waals surface area contributed by atoms with Gasteiger partial charge in [-0.05, 0) is 30.3 Å². The fraction of sp³-hybridized carbons (Fsp3) is 0. The van der Waals surface area contributed by atoms with Crippen molar-refractivity contribution in [3.63, 3.8) is 0 Å². The van der Waals surface area contributed by atoms with Gasteiger partial charge in [0.2, 0.25) is 5.88 Å². The first-order valence-corrected chi connectivity index (χ1v) is 7.51. The number of rotatable bonds is 3. The number of halogens is 1. The van der Waals surface area contributed by atoms with Gasteiger partial charge >= 0.3 is 5.69 Å². The van der Waals surface area contributed by atoms with Gasteiger partial charge in [0.25, 0.3) is 5.56 Å². The van der Waals surface area contributed by atoms with Crippen molar-refractivity contribution in [2.75, 3.05) is 0 Å². The van der Waals surface area contributed by atoms with E-state index < -0.39 is 17.1 Å². The maximum Gasteiger partial charge on any atom is 0.335 e. The van der Waals surface area contributed by atoms with Gasteiger partial charge in [0, 0.05) is 11.2 Å². The second kappa shape index (κ2) is 6.66. The zero-order chi connectivity index (χ0) is 18.0. The van der Waals surface area contributed by atoms with Crippen molar-refractivity contribution in [2.24, 2.45) is 4.99 Å². The van der Waals surface area contributed by atoms with Crippen molar-refractivity contribution in [3.05, 3.63) is 80.0 Å². The Labute approximate surface area is 146 Å². The molecule has 2 aromatic carbocycles. The molecule has 0 amide bonds. The second-order valence-electron chi connectivity index (χ2n) is 5.06. The smallest absolute Gasteiger partial charge is 0.335 e. The number of nitrogens with one attached hydrogen (secondary N) is 1. The molecule has 0 unspecified atom stereocenters. The SMILES string of the molecule is O=c1[nH]c(=O)n(-c2ccccc2)c(O)c1C=Nc1cc(Cl)ccc1O. The van der Waals surface area contributed by atoms with Gasteiger partial charge < -0.3 is 10.2 Å². The molecule has 7 nitrogen and oxygen atoms in total. The summed E-state index contributed by atoms with van der Waals surface area (Å²) < 4.78 is 0.945. The van der Waals surface area contributed by atoms with E-state index >= 15 is 0 Å². The number of aromatic amines is 1. The zero-order valence-corrected chi connectivity index (χ0v) is 13.4. The Kier molecular flexibility index (Phi) is 4.40. The van der Waals surface area contributed by atoms with Crippen LogP contribution in [0.5, 0.6) is 11.6 Å². The van der Waals surface area contributed by atoms with E-state index in [1.807, 2.05) is 0 Å². The lowest BCUT2D eigenvalue weighted by molar-refractivity contribution is 0.430. The summed E-state index contributed by atoms with van der Waals surface area (Å²) in [6.45, 7) is 0. The fourth-order valence-corrected chi connectivity index (χ4v) is 2.37. The van der Waals surface area contributed by atoms with Crippen LogP contribution in [-0.4, -0.2) is 26.0 Å². The first-order chi connectivity index (χ1) is 12.0. The summed E-state index contributed by atoms with van der Waals surface area (Å²) in [5.74, 6) is -0.710. The van der Waals surface area contributed by atoms with Crippen molar-refractivity contribution in [1.82, 2.24) is 9.55 Å². The van der Waals surface area contributed by atoms with E-state index in [0.717, 1.165) is 10.8 Å². The lowest BCUT2D eigenvalue weighted by Crippen LogP contribution is -2.31. The number of aromatic nitrogens is 2. The van der Waals surface area contributed by atoms with Gasteiger partial charge in [0.1, 0.15) is 17.0 Å². The van der Waals surface area contributed by atoms with Gasteiger partial charge in [-0.2, -0.15) is 0 Å². The Balaban J connectivity index is 2.14. The van der Waals surface area contributed by atoms with Crippen molar-refractivity contribution in [1.29, 1.82) is 0 Å². The number of H-pyrrole nitrogens is 1. The van der Waals surface area contributed by atoms with E-state index in [1.54, 1.807) is 30.3 Å². The number of hydrogen-bond acceptors (Lipinski definition) is 5. The first-order valence-electron chi connectivity index (χ1n) is 7.13. The van der Waals surface area contributed by atoms with E-state index in [-0.39, 0.29) is 17.0 Å². The maximum atomic E-state index is 12.0.